The number of aryl methyl sites for hydroxylation is 1. The molecule has 0 bridgehead atoms. The monoisotopic (exact) mass is 340 g/mol. The van der Waals surface area contributed by atoms with Gasteiger partial charge in [0.2, 0.25) is 0 Å². The van der Waals surface area contributed by atoms with Crippen LogP contribution in [0.5, 0.6) is 0 Å². The number of benzene rings is 2. The minimum absolute atomic E-state index is 0.0142. The van der Waals surface area contributed by atoms with Gasteiger partial charge in [0.25, 0.3) is 0 Å². The second-order valence-electron chi connectivity index (χ2n) is 6.18. The van der Waals surface area contributed by atoms with Crippen LogP contribution in [0.2, 0.25) is 0 Å². The van der Waals surface area contributed by atoms with Crippen LogP contribution in [0.15, 0.2) is 40.9 Å². The largest absolute Gasteiger partial charge is 0.296 e. The van der Waals surface area contributed by atoms with Crippen molar-refractivity contribution in [3.63, 3.8) is 0 Å². The lowest BCUT2D eigenvalue weighted by Crippen LogP contribution is -2.26. The third kappa shape index (κ3) is 1.61. The van der Waals surface area contributed by atoms with Crippen LogP contribution in [0.1, 0.15) is 37.7 Å². The molecule has 0 N–H and O–H groups in total. The van der Waals surface area contributed by atoms with Gasteiger partial charge in [0.15, 0.2) is 0 Å². The molecule has 0 aliphatic carbocycles. The molecule has 2 heterocycles. The predicted molar refractivity (Wildman–Crippen MR) is 90.3 cm³/mol. The van der Waals surface area contributed by atoms with E-state index in [9.17, 15) is 0 Å². The molecule has 1 aromatic heterocycles. The lowest BCUT2D eigenvalue weighted by atomic mass is 9.75. The summed E-state index contributed by atoms with van der Waals surface area (Å²) in [5.74, 6) is 1.14. The molecule has 0 fully saturated rings. The Labute approximate surface area is 132 Å². The van der Waals surface area contributed by atoms with Crippen molar-refractivity contribution in [2.75, 3.05) is 0 Å². The van der Waals surface area contributed by atoms with Crippen molar-refractivity contribution < 1.29 is 0 Å². The number of para-hydroxylation sites is 1. The van der Waals surface area contributed by atoms with Gasteiger partial charge in [-0.1, -0.05) is 48.8 Å². The molecule has 1 aliphatic rings. The summed E-state index contributed by atoms with van der Waals surface area (Å²) in [5.41, 5.74) is 6.34. The molecule has 0 radical (unpaired) electrons. The number of aromatic nitrogens is 2. The van der Waals surface area contributed by atoms with Crippen molar-refractivity contribution in [2.45, 2.75) is 32.6 Å². The molecule has 0 unspecified atom stereocenters. The fourth-order valence-electron chi connectivity index (χ4n) is 3.52. The maximum absolute atomic E-state index is 4.84. The van der Waals surface area contributed by atoms with Crippen molar-refractivity contribution in [1.29, 1.82) is 0 Å². The topological polar surface area (TPSA) is 17.8 Å². The van der Waals surface area contributed by atoms with E-state index in [4.69, 9.17) is 4.98 Å². The van der Waals surface area contributed by atoms with Gasteiger partial charge >= 0.3 is 0 Å². The fourth-order valence-corrected chi connectivity index (χ4v) is 3.89. The molecule has 2 aromatic carbocycles. The molecule has 21 heavy (non-hydrogen) atoms. The summed E-state index contributed by atoms with van der Waals surface area (Å²) in [5, 5.41) is 0. The third-order valence-electron chi connectivity index (χ3n) is 4.61. The molecular weight excluding hydrogens is 324 g/mol. The van der Waals surface area contributed by atoms with Gasteiger partial charge in [-0.05, 0) is 35.4 Å². The molecule has 0 amide bonds. The first-order valence-corrected chi connectivity index (χ1v) is 8.14. The van der Waals surface area contributed by atoms with Crippen LogP contribution >= 0.6 is 15.9 Å². The van der Waals surface area contributed by atoms with Crippen molar-refractivity contribution in [3.8, 4) is 5.69 Å². The normalized spacial score (nSPS) is 15.2. The zero-order valence-corrected chi connectivity index (χ0v) is 14.0. The van der Waals surface area contributed by atoms with Crippen LogP contribution < -0.4 is 0 Å². The van der Waals surface area contributed by atoms with Crippen LogP contribution in [-0.4, -0.2) is 9.55 Å². The van der Waals surface area contributed by atoms with E-state index in [1.807, 2.05) is 0 Å². The van der Waals surface area contributed by atoms with Crippen molar-refractivity contribution in [1.82, 2.24) is 9.55 Å². The minimum atomic E-state index is -0.0142. The Morgan fingerprint density at radius 1 is 1.14 bits per heavy atom. The van der Waals surface area contributed by atoms with Gasteiger partial charge in [0, 0.05) is 16.3 Å². The molecule has 3 aromatic rings. The summed E-state index contributed by atoms with van der Waals surface area (Å²) >= 11 is 3.62. The zero-order valence-electron chi connectivity index (χ0n) is 12.4. The van der Waals surface area contributed by atoms with E-state index in [1.165, 1.54) is 22.3 Å². The average Bonchev–Trinajstić information content (AvgIpc) is 2.84. The lowest BCUT2D eigenvalue weighted by Gasteiger charge is -2.34. The van der Waals surface area contributed by atoms with Gasteiger partial charge in [-0.3, -0.25) is 4.57 Å². The molecule has 0 saturated heterocycles. The first-order chi connectivity index (χ1) is 10.0. The van der Waals surface area contributed by atoms with E-state index >= 15 is 0 Å². The van der Waals surface area contributed by atoms with Crippen molar-refractivity contribution in [3.05, 3.63) is 57.8 Å². The van der Waals surface area contributed by atoms with Crippen LogP contribution in [0.25, 0.3) is 16.7 Å². The highest BCUT2D eigenvalue weighted by Gasteiger charge is 2.35. The van der Waals surface area contributed by atoms with Gasteiger partial charge < -0.3 is 0 Å². The maximum Gasteiger partial charge on any atom is 0.114 e. The van der Waals surface area contributed by atoms with Crippen LogP contribution in [-0.2, 0) is 11.8 Å². The van der Waals surface area contributed by atoms with Gasteiger partial charge in [-0.25, -0.2) is 4.98 Å². The molecule has 0 spiro atoms. The Balaban J connectivity index is 2.24. The number of nitrogens with zero attached hydrogens (tertiary/aromatic N) is 2. The third-order valence-corrected chi connectivity index (χ3v) is 5.10. The summed E-state index contributed by atoms with van der Waals surface area (Å²) in [6.07, 6.45) is 0.935. The number of hydrogen-bond acceptors (Lipinski definition) is 1. The number of imidazole rings is 1. The number of hydrogen-bond donors (Lipinski definition) is 0. The molecule has 0 atom stereocenters. The Morgan fingerprint density at radius 2 is 1.95 bits per heavy atom. The van der Waals surface area contributed by atoms with Gasteiger partial charge in [0.1, 0.15) is 5.82 Å². The van der Waals surface area contributed by atoms with E-state index in [-0.39, 0.29) is 5.41 Å². The van der Waals surface area contributed by atoms with Gasteiger partial charge in [-0.15, -0.1) is 0 Å². The number of rotatable bonds is 1. The summed E-state index contributed by atoms with van der Waals surface area (Å²) in [6, 6.07) is 13.1. The highest BCUT2D eigenvalue weighted by molar-refractivity contribution is 9.10. The van der Waals surface area contributed by atoms with Crippen LogP contribution in [0, 0.1) is 0 Å². The SMILES string of the molecule is CCc1nc2cccc3c2n1-c1ccc(Br)cc1C3(C)C. The fraction of sp³-hybridized carbons (Fsp3) is 0.278. The Bertz CT molecular complexity index is 874. The Kier molecular flexibility index (Phi) is 2.62. The van der Waals surface area contributed by atoms with Crippen LogP contribution in [0.3, 0.4) is 0 Å². The van der Waals surface area contributed by atoms with E-state index in [1.54, 1.807) is 0 Å². The molecule has 3 heteroatoms. The summed E-state index contributed by atoms with van der Waals surface area (Å²) in [6.45, 7) is 6.77. The molecule has 1 aliphatic heterocycles. The smallest absolute Gasteiger partial charge is 0.114 e. The average molecular weight is 341 g/mol. The molecule has 0 saturated carbocycles. The Hall–Kier alpha value is -1.61. The van der Waals surface area contributed by atoms with Crippen LogP contribution in [0.4, 0.5) is 0 Å². The quantitative estimate of drug-likeness (QED) is 0.610. The summed E-state index contributed by atoms with van der Waals surface area (Å²) < 4.78 is 3.47. The maximum atomic E-state index is 4.84. The molecule has 2 nitrogen and oxygen atoms in total. The summed E-state index contributed by atoms with van der Waals surface area (Å²) in [4.78, 5) is 4.84. The first-order valence-electron chi connectivity index (χ1n) is 7.35. The highest BCUT2D eigenvalue weighted by Crippen LogP contribution is 2.45. The predicted octanol–water partition coefficient (Wildman–Crippen LogP) is 4.99. The van der Waals surface area contributed by atoms with Gasteiger partial charge in [0.05, 0.1) is 16.7 Å². The van der Waals surface area contributed by atoms with E-state index in [2.05, 4.69) is 77.7 Å². The standard InChI is InChI=1S/C18H17BrN2/c1-4-16-20-14-7-5-6-12-17(14)21(16)15-9-8-11(19)10-13(15)18(12,2)3/h5-10H,4H2,1-3H3. The van der Waals surface area contributed by atoms with Crippen molar-refractivity contribution in [2.24, 2.45) is 0 Å². The van der Waals surface area contributed by atoms with Crippen molar-refractivity contribution >= 4 is 27.0 Å². The summed E-state index contributed by atoms with van der Waals surface area (Å²) in [7, 11) is 0. The van der Waals surface area contributed by atoms with E-state index < -0.39 is 0 Å². The van der Waals surface area contributed by atoms with E-state index in [0.29, 0.717) is 0 Å². The number of halogens is 1. The zero-order chi connectivity index (χ0) is 14.8. The molecule has 4 rings (SSSR count). The van der Waals surface area contributed by atoms with E-state index in [0.717, 1.165) is 22.2 Å². The minimum Gasteiger partial charge on any atom is -0.296 e. The lowest BCUT2D eigenvalue weighted by molar-refractivity contribution is 0.625. The highest BCUT2D eigenvalue weighted by atomic mass is 79.9. The second-order valence-corrected chi connectivity index (χ2v) is 7.09. The van der Waals surface area contributed by atoms with Gasteiger partial charge in [-0.2, -0.15) is 0 Å². The molecular formula is C18H17BrN2. The molecule has 106 valence electrons. The number of fused-ring (bicyclic) bond motifs is 2. The second kappa shape index (κ2) is 4.20. The first kappa shape index (κ1) is 13.1. The Morgan fingerprint density at radius 3 is 2.71 bits per heavy atom.